The summed E-state index contributed by atoms with van der Waals surface area (Å²) in [5, 5.41) is 6.39. The van der Waals surface area contributed by atoms with Crippen LogP contribution in [0.5, 0.6) is 11.5 Å². The Balaban J connectivity index is 1.06. The van der Waals surface area contributed by atoms with Gasteiger partial charge in [-0.15, -0.1) is 0 Å². The first-order valence-electron chi connectivity index (χ1n) is 12.6. The lowest BCUT2D eigenvalue weighted by Gasteiger charge is -2.18. The topological polar surface area (TPSA) is 88.3 Å². The molecule has 0 radical (unpaired) electrons. The second-order valence-electron chi connectivity index (χ2n) is 9.48. The number of benzene rings is 4. The van der Waals surface area contributed by atoms with Crippen LogP contribution in [0.4, 0.5) is 11.4 Å². The average Bonchev–Trinajstić information content (AvgIpc) is 3.35. The highest BCUT2D eigenvalue weighted by Gasteiger charge is 2.15. The number of aryl methyl sites for hydroxylation is 2. The van der Waals surface area contributed by atoms with Crippen LogP contribution < -0.4 is 20.1 Å². The van der Waals surface area contributed by atoms with E-state index in [1.54, 1.807) is 18.2 Å². The van der Waals surface area contributed by atoms with Crippen LogP contribution in [-0.2, 0) is 6.54 Å². The van der Waals surface area contributed by atoms with Crippen molar-refractivity contribution in [2.45, 2.75) is 20.4 Å². The van der Waals surface area contributed by atoms with Gasteiger partial charge in [0, 0.05) is 29.0 Å². The van der Waals surface area contributed by atoms with Crippen molar-refractivity contribution < 1.29 is 14.3 Å². The molecule has 0 atom stereocenters. The second-order valence-corrected chi connectivity index (χ2v) is 9.48. The number of fused-ring (bicyclic) bond motifs is 2. The zero-order valence-corrected chi connectivity index (χ0v) is 21.3. The number of aromatic amines is 1. The predicted molar refractivity (Wildman–Crippen MR) is 150 cm³/mol. The van der Waals surface area contributed by atoms with Gasteiger partial charge in [0.1, 0.15) is 19.0 Å². The molecular weight excluding hydrogens is 476 g/mol. The van der Waals surface area contributed by atoms with Crippen LogP contribution >= 0.6 is 0 Å². The van der Waals surface area contributed by atoms with E-state index in [0.717, 1.165) is 39.4 Å². The normalized spacial score (nSPS) is 12.4. The largest absolute Gasteiger partial charge is 0.486 e. The van der Waals surface area contributed by atoms with Crippen LogP contribution in [0.15, 0.2) is 78.9 Å². The Kier molecular flexibility index (Phi) is 6.17. The van der Waals surface area contributed by atoms with Crippen molar-refractivity contribution in [3.8, 4) is 22.9 Å². The van der Waals surface area contributed by atoms with Gasteiger partial charge in [0.05, 0.1) is 11.0 Å². The predicted octanol–water partition coefficient (Wildman–Crippen LogP) is 6.48. The standard InChI is InChI=1S/C31H28N4O3/c1-19-15-26-27(16-20(19)2)35-30(34-26)22-5-10-24(11-6-22)32-18-21-3-8-25(9-4-21)33-31(36)23-7-12-28-29(17-23)38-14-13-37-28/h3-12,15-17,32H,13-14,18H2,1-2H3,(H,33,36)(H,34,35). The summed E-state index contributed by atoms with van der Waals surface area (Å²) < 4.78 is 11.1. The third-order valence-electron chi connectivity index (χ3n) is 6.77. The molecule has 5 aromatic rings. The minimum atomic E-state index is -0.192. The third-order valence-corrected chi connectivity index (χ3v) is 6.77. The van der Waals surface area contributed by atoms with Gasteiger partial charge in [0.15, 0.2) is 11.5 Å². The van der Waals surface area contributed by atoms with E-state index in [1.807, 2.05) is 24.3 Å². The summed E-state index contributed by atoms with van der Waals surface area (Å²) in [5.74, 6) is 1.94. The summed E-state index contributed by atoms with van der Waals surface area (Å²) in [6.07, 6.45) is 0. The van der Waals surface area contributed by atoms with Gasteiger partial charge < -0.3 is 25.1 Å². The second kappa shape index (κ2) is 9.94. The van der Waals surface area contributed by atoms with E-state index in [0.29, 0.717) is 36.8 Å². The lowest BCUT2D eigenvalue weighted by Crippen LogP contribution is -2.17. The van der Waals surface area contributed by atoms with Gasteiger partial charge in [-0.2, -0.15) is 0 Å². The molecular formula is C31H28N4O3. The molecule has 0 spiro atoms. The first-order chi connectivity index (χ1) is 18.5. The molecule has 1 aliphatic heterocycles. The summed E-state index contributed by atoms with van der Waals surface area (Å²) in [7, 11) is 0. The molecule has 190 valence electrons. The molecule has 6 rings (SSSR count). The lowest BCUT2D eigenvalue weighted by molar-refractivity contribution is 0.102. The smallest absolute Gasteiger partial charge is 0.255 e. The van der Waals surface area contributed by atoms with Crippen molar-refractivity contribution in [1.82, 2.24) is 9.97 Å². The van der Waals surface area contributed by atoms with Crippen molar-refractivity contribution in [3.05, 3.63) is 101 Å². The summed E-state index contributed by atoms with van der Waals surface area (Å²) >= 11 is 0. The van der Waals surface area contributed by atoms with E-state index >= 15 is 0 Å². The van der Waals surface area contributed by atoms with Crippen molar-refractivity contribution >= 4 is 28.3 Å². The summed E-state index contributed by atoms with van der Waals surface area (Å²) in [5.41, 5.74) is 8.95. The lowest BCUT2D eigenvalue weighted by atomic mass is 10.1. The Hall–Kier alpha value is -4.78. The van der Waals surface area contributed by atoms with Crippen molar-refractivity contribution in [3.63, 3.8) is 0 Å². The number of nitrogens with one attached hydrogen (secondary N) is 3. The van der Waals surface area contributed by atoms with Crippen LogP contribution in [0.25, 0.3) is 22.4 Å². The van der Waals surface area contributed by atoms with E-state index in [9.17, 15) is 4.79 Å². The van der Waals surface area contributed by atoms with Crippen LogP contribution in [0.2, 0.25) is 0 Å². The van der Waals surface area contributed by atoms with Gasteiger partial charge in [-0.3, -0.25) is 4.79 Å². The zero-order chi connectivity index (χ0) is 26.1. The summed E-state index contributed by atoms with van der Waals surface area (Å²) in [4.78, 5) is 20.9. The first kappa shape index (κ1) is 23.6. The molecule has 0 unspecified atom stereocenters. The van der Waals surface area contributed by atoms with Gasteiger partial charge in [-0.1, -0.05) is 12.1 Å². The maximum absolute atomic E-state index is 12.7. The molecule has 0 saturated heterocycles. The molecule has 2 heterocycles. The fourth-order valence-corrected chi connectivity index (χ4v) is 4.45. The zero-order valence-electron chi connectivity index (χ0n) is 21.3. The SMILES string of the molecule is Cc1cc2nc(-c3ccc(NCc4ccc(NC(=O)c5ccc6c(c5)OCCO6)cc4)cc3)[nH]c2cc1C. The molecule has 1 amide bonds. The third kappa shape index (κ3) is 4.91. The number of amides is 1. The van der Waals surface area contributed by atoms with Gasteiger partial charge in [0.25, 0.3) is 5.91 Å². The van der Waals surface area contributed by atoms with Gasteiger partial charge >= 0.3 is 0 Å². The Labute approximate surface area is 220 Å². The summed E-state index contributed by atoms with van der Waals surface area (Å²) in [6, 6.07) is 25.5. The van der Waals surface area contributed by atoms with Gasteiger partial charge in [-0.05, 0) is 97.3 Å². The van der Waals surface area contributed by atoms with Crippen LogP contribution in [-0.4, -0.2) is 29.1 Å². The minimum Gasteiger partial charge on any atom is -0.486 e. The Morgan fingerprint density at radius 3 is 2.34 bits per heavy atom. The fraction of sp³-hybridized carbons (Fsp3) is 0.161. The Morgan fingerprint density at radius 2 is 1.55 bits per heavy atom. The molecule has 3 N–H and O–H groups in total. The molecule has 7 nitrogen and oxygen atoms in total. The molecule has 7 heteroatoms. The molecule has 1 aromatic heterocycles. The maximum atomic E-state index is 12.7. The molecule has 0 bridgehead atoms. The molecule has 0 saturated carbocycles. The highest BCUT2D eigenvalue weighted by atomic mass is 16.6. The Bertz CT molecular complexity index is 1580. The van der Waals surface area contributed by atoms with Gasteiger partial charge in [-0.25, -0.2) is 4.98 Å². The van der Waals surface area contributed by atoms with Crippen LogP contribution in [0.1, 0.15) is 27.0 Å². The number of carbonyl (C=O) groups excluding carboxylic acids is 1. The van der Waals surface area contributed by atoms with E-state index in [4.69, 9.17) is 14.5 Å². The minimum absolute atomic E-state index is 0.192. The number of rotatable bonds is 6. The molecule has 1 aliphatic rings. The van der Waals surface area contributed by atoms with Crippen molar-refractivity contribution in [1.29, 1.82) is 0 Å². The van der Waals surface area contributed by atoms with E-state index in [1.165, 1.54) is 11.1 Å². The maximum Gasteiger partial charge on any atom is 0.255 e. The van der Waals surface area contributed by atoms with Crippen LogP contribution in [0, 0.1) is 13.8 Å². The van der Waals surface area contributed by atoms with Crippen LogP contribution in [0.3, 0.4) is 0 Å². The number of hydrogen-bond acceptors (Lipinski definition) is 5. The van der Waals surface area contributed by atoms with E-state index in [2.05, 4.69) is 65.9 Å². The first-order valence-corrected chi connectivity index (χ1v) is 12.6. The Morgan fingerprint density at radius 1 is 0.842 bits per heavy atom. The van der Waals surface area contributed by atoms with Crippen molar-refractivity contribution in [2.75, 3.05) is 23.8 Å². The average molecular weight is 505 g/mol. The highest BCUT2D eigenvalue weighted by Crippen LogP contribution is 2.31. The monoisotopic (exact) mass is 504 g/mol. The molecule has 4 aromatic carbocycles. The molecule has 0 aliphatic carbocycles. The van der Waals surface area contributed by atoms with E-state index < -0.39 is 0 Å². The quantitative estimate of drug-likeness (QED) is 0.246. The number of carbonyl (C=O) groups is 1. The summed E-state index contributed by atoms with van der Waals surface area (Å²) in [6.45, 7) is 5.89. The van der Waals surface area contributed by atoms with E-state index in [-0.39, 0.29) is 5.91 Å². The number of anilines is 2. The molecule has 0 fully saturated rings. The molecule has 38 heavy (non-hydrogen) atoms. The van der Waals surface area contributed by atoms with Crippen molar-refractivity contribution in [2.24, 2.45) is 0 Å². The number of imidazole rings is 1. The number of H-pyrrole nitrogens is 1. The number of hydrogen-bond donors (Lipinski definition) is 3. The number of ether oxygens (including phenoxy) is 2. The number of aromatic nitrogens is 2. The van der Waals surface area contributed by atoms with Gasteiger partial charge in [0.2, 0.25) is 0 Å². The highest BCUT2D eigenvalue weighted by molar-refractivity contribution is 6.04. The number of nitrogens with zero attached hydrogens (tertiary/aromatic N) is 1. The fourth-order valence-electron chi connectivity index (χ4n) is 4.45.